The quantitative estimate of drug-likeness (QED) is 0.800. The summed E-state index contributed by atoms with van der Waals surface area (Å²) in [6.45, 7) is 2.02. The molecule has 0 unspecified atom stereocenters. The number of aromatic nitrogens is 2. The van der Waals surface area contributed by atoms with Gasteiger partial charge in [0.1, 0.15) is 0 Å². The SMILES string of the molecule is CCc1[nH]nc2cccc(CC(=O)O)c12. The molecule has 78 valence electrons. The number of hydrogen-bond acceptors (Lipinski definition) is 2. The zero-order valence-electron chi connectivity index (χ0n) is 8.45. The molecule has 1 aromatic carbocycles. The highest BCUT2D eigenvalue weighted by Gasteiger charge is 2.10. The van der Waals surface area contributed by atoms with Gasteiger partial charge in [0.05, 0.1) is 11.9 Å². The van der Waals surface area contributed by atoms with Crippen molar-refractivity contribution < 1.29 is 9.90 Å². The van der Waals surface area contributed by atoms with E-state index in [0.717, 1.165) is 28.6 Å². The summed E-state index contributed by atoms with van der Waals surface area (Å²) in [4.78, 5) is 10.7. The monoisotopic (exact) mass is 204 g/mol. The van der Waals surface area contributed by atoms with Crippen LogP contribution >= 0.6 is 0 Å². The second kappa shape index (κ2) is 3.73. The van der Waals surface area contributed by atoms with Gasteiger partial charge in [0.2, 0.25) is 0 Å². The van der Waals surface area contributed by atoms with Gasteiger partial charge in [0.25, 0.3) is 0 Å². The third-order valence-electron chi connectivity index (χ3n) is 2.44. The van der Waals surface area contributed by atoms with E-state index in [0.29, 0.717) is 0 Å². The maximum atomic E-state index is 10.7. The molecule has 0 saturated heterocycles. The van der Waals surface area contributed by atoms with Crippen LogP contribution in [0, 0.1) is 0 Å². The number of aliphatic carboxylic acids is 1. The number of aromatic amines is 1. The van der Waals surface area contributed by atoms with E-state index in [1.807, 2.05) is 25.1 Å². The number of rotatable bonds is 3. The predicted molar refractivity (Wildman–Crippen MR) is 56.8 cm³/mol. The Morgan fingerprint density at radius 2 is 2.33 bits per heavy atom. The number of carbonyl (C=O) groups is 1. The summed E-state index contributed by atoms with van der Waals surface area (Å²) < 4.78 is 0. The topological polar surface area (TPSA) is 66.0 Å². The number of H-pyrrole nitrogens is 1. The highest BCUT2D eigenvalue weighted by Crippen LogP contribution is 2.21. The van der Waals surface area contributed by atoms with Crippen LogP contribution in [0.15, 0.2) is 18.2 Å². The summed E-state index contributed by atoms with van der Waals surface area (Å²) in [5.41, 5.74) is 2.66. The minimum Gasteiger partial charge on any atom is -0.481 e. The second-order valence-electron chi connectivity index (χ2n) is 3.44. The number of nitrogens with one attached hydrogen (secondary N) is 1. The lowest BCUT2D eigenvalue weighted by atomic mass is 10.0. The average molecular weight is 204 g/mol. The van der Waals surface area contributed by atoms with Crippen molar-refractivity contribution in [3.8, 4) is 0 Å². The number of benzene rings is 1. The van der Waals surface area contributed by atoms with E-state index >= 15 is 0 Å². The van der Waals surface area contributed by atoms with Crippen molar-refractivity contribution in [3.05, 3.63) is 29.5 Å². The van der Waals surface area contributed by atoms with E-state index in [1.165, 1.54) is 0 Å². The third kappa shape index (κ3) is 1.70. The van der Waals surface area contributed by atoms with Crippen LogP contribution in [0.25, 0.3) is 10.9 Å². The van der Waals surface area contributed by atoms with Crippen molar-refractivity contribution in [3.63, 3.8) is 0 Å². The predicted octanol–water partition coefficient (Wildman–Crippen LogP) is 1.75. The van der Waals surface area contributed by atoms with E-state index in [4.69, 9.17) is 5.11 Å². The minimum atomic E-state index is -0.814. The van der Waals surface area contributed by atoms with Crippen molar-refractivity contribution in [1.82, 2.24) is 10.2 Å². The van der Waals surface area contributed by atoms with Gasteiger partial charge in [-0.15, -0.1) is 0 Å². The van der Waals surface area contributed by atoms with Gasteiger partial charge in [-0.3, -0.25) is 9.89 Å². The third-order valence-corrected chi connectivity index (χ3v) is 2.44. The largest absolute Gasteiger partial charge is 0.481 e. The number of carboxylic acid groups (broad SMARTS) is 1. The number of nitrogens with zero attached hydrogens (tertiary/aromatic N) is 1. The Hall–Kier alpha value is -1.84. The Bertz CT molecular complexity index is 502. The van der Waals surface area contributed by atoms with Crippen LogP contribution in [0.1, 0.15) is 18.2 Å². The summed E-state index contributed by atoms with van der Waals surface area (Å²) in [5, 5.41) is 16.8. The fraction of sp³-hybridized carbons (Fsp3) is 0.273. The Balaban J connectivity index is 2.61. The highest BCUT2D eigenvalue weighted by molar-refractivity contribution is 5.88. The summed E-state index contributed by atoms with van der Waals surface area (Å²) in [6.07, 6.45) is 0.872. The van der Waals surface area contributed by atoms with E-state index < -0.39 is 5.97 Å². The Morgan fingerprint density at radius 3 is 3.00 bits per heavy atom. The molecule has 1 aromatic heterocycles. The van der Waals surface area contributed by atoms with Gasteiger partial charge in [0, 0.05) is 11.1 Å². The van der Waals surface area contributed by atoms with Gasteiger partial charge in [-0.2, -0.15) is 5.10 Å². The van der Waals surface area contributed by atoms with E-state index in [9.17, 15) is 4.79 Å². The van der Waals surface area contributed by atoms with E-state index in [1.54, 1.807) is 0 Å². The smallest absolute Gasteiger partial charge is 0.307 e. The second-order valence-corrected chi connectivity index (χ2v) is 3.44. The van der Waals surface area contributed by atoms with Crippen LogP contribution in [0.4, 0.5) is 0 Å². The van der Waals surface area contributed by atoms with Crippen LogP contribution in [0.5, 0.6) is 0 Å². The van der Waals surface area contributed by atoms with Gasteiger partial charge >= 0.3 is 5.97 Å². The van der Waals surface area contributed by atoms with Crippen molar-refractivity contribution >= 4 is 16.9 Å². The lowest BCUT2D eigenvalue weighted by molar-refractivity contribution is -0.136. The van der Waals surface area contributed by atoms with Gasteiger partial charge in [-0.05, 0) is 18.1 Å². The van der Waals surface area contributed by atoms with Crippen LogP contribution in [0.3, 0.4) is 0 Å². The molecule has 0 saturated carbocycles. The molecule has 0 radical (unpaired) electrons. The molecule has 2 aromatic rings. The summed E-state index contributed by atoms with van der Waals surface area (Å²) in [7, 11) is 0. The molecule has 1 heterocycles. The fourth-order valence-corrected chi connectivity index (χ4v) is 1.78. The van der Waals surface area contributed by atoms with Crippen molar-refractivity contribution in [2.75, 3.05) is 0 Å². The highest BCUT2D eigenvalue weighted by atomic mass is 16.4. The van der Waals surface area contributed by atoms with Crippen LogP contribution in [-0.4, -0.2) is 21.3 Å². The molecule has 15 heavy (non-hydrogen) atoms. The average Bonchev–Trinajstić information content (AvgIpc) is 2.61. The normalized spacial score (nSPS) is 10.7. The van der Waals surface area contributed by atoms with Crippen molar-refractivity contribution in [1.29, 1.82) is 0 Å². The molecule has 0 aliphatic heterocycles. The van der Waals surface area contributed by atoms with Gasteiger partial charge in [0.15, 0.2) is 0 Å². The Kier molecular flexibility index (Phi) is 2.41. The summed E-state index contributed by atoms with van der Waals surface area (Å²) in [6, 6.07) is 5.56. The molecule has 0 bridgehead atoms. The molecular formula is C11H12N2O2. The first-order valence-corrected chi connectivity index (χ1v) is 4.89. The molecular weight excluding hydrogens is 192 g/mol. The summed E-state index contributed by atoms with van der Waals surface area (Å²) in [5.74, 6) is -0.814. The van der Waals surface area contributed by atoms with Gasteiger partial charge < -0.3 is 5.11 Å². The lowest BCUT2D eigenvalue weighted by Crippen LogP contribution is -2.00. The molecule has 2 rings (SSSR count). The molecule has 4 nitrogen and oxygen atoms in total. The maximum Gasteiger partial charge on any atom is 0.307 e. The first kappa shape index (κ1) is 9.71. The number of carboxylic acids is 1. The van der Waals surface area contributed by atoms with Crippen LogP contribution in [-0.2, 0) is 17.6 Å². The molecule has 4 heteroatoms. The Labute approximate surface area is 86.9 Å². The first-order valence-electron chi connectivity index (χ1n) is 4.89. The lowest BCUT2D eigenvalue weighted by Gasteiger charge is -2.00. The fourth-order valence-electron chi connectivity index (χ4n) is 1.78. The molecule has 0 amide bonds. The molecule has 0 spiro atoms. The number of fused-ring (bicyclic) bond motifs is 1. The van der Waals surface area contributed by atoms with Crippen molar-refractivity contribution in [2.45, 2.75) is 19.8 Å². The number of aryl methyl sites for hydroxylation is 1. The zero-order valence-corrected chi connectivity index (χ0v) is 8.45. The van der Waals surface area contributed by atoms with E-state index in [-0.39, 0.29) is 6.42 Å². The van der Waals surface area contributed by atoms with Crippen LogP contribution < -0.4 is 0 Å². The Morgan fingerprint density at radius 1 is 1.53 bits per heavy atom. The van der Waals surface area contributed by atoms with Gasteiger partial charge in [-0.25, -0.2) is 0 Å². The van der Waals surface area contributed by atoms with Gasteiger partial charge in [-0.1, -0.05) is 19.1 Å². The van der Waals surface area contributed by atoms with Crippen molar-refractivity contribution in [2.24, 2.45) is 0 Å². The first-order chi connectivity index (χ1) is 7.22. The van der Waals surface area contributed by atoms with Crippen LogP contribution in [0.2, 0.25) is 0 Å². The molecule has 2 N–H and O–H groups in total. The number of hydrogen-bond donors (Lipinski definition) is 2. The van der Waals surface area contributed by atoms with E-state index in [2.05, 4.69) is 10.2 Å². The minimum absolute atomic E-state index is 0.0455. The summed E-state index contributed by atoms with van der Waals surface area (Å²) >= 11 is 0. The zero-order chi connectivity index (χ0) is 10.8. The molecule has 0 atom stereocenters. The maximum absolute atomic E-state index is 10.7. The standard InChI is InChI=1S/C11H12N2O2/c1-2-8-11-7(6-10(14)15)4-3-5-9(11)13-12-8/h3-5H,2,6H2,1H3,(H,12,13)(H,14,15). The molecule has 0 aliphatic carbocycles. The molecule has 0 aliphatic rings. The molecule has 0 fully saturated rings.